The third-order valence-corrected chi connectivity index (χ3v) is 5.13. The molecule has 128 valence electrons. The number of aliphatic hydroxyl groups is 1. The Kier molecular flexibility index (Phi) is 4.82. The summed E-state index contributed by atoms with van der Waals surface area (Å²) in [5.74, 6) is -0.101. The van der Waals surface area contributed by atoms with E-state index in [1.165, 1.54) is 4.57 Å². The Morgan fingerprint density at radius 2 is 2.17 bits per heavy atom. The fourth-order valence-electron chi connectivity index (χ4n) is 3.20. The van der Waals surface area contributed by atoms with Crippen molar-refractivity contribution in [3.63, 3.8) is 0 Å². The molecular formula is C17H21N3O3S. The Hall–Kier alpha value is -1.99. The van der Waals surface area contributed by atoms with Crippen LogP contribution in [0.1, 0.15) is 36.0 Å². The number of hydrogen-bond donors (Lipinski definition) is 3. The van der Waals surface area contributed by atoms with Crippen LogP contribution in [0, 0.1) is 10.7 Å². The van der Waals surface area contributed by atoms with E-state index < -0.39 is 0 Å². The Morgan fingerprint density at radius 1 is 1.42 bits per heavy atom. The van der Waals surface area contributed by atoms with Crippen molar-refractivity contribution >= 4 is 29.0 Å². The molecule has 1 amide bonds. The topological polar surface area (TPSA) is 87.1 Å². The van der Waals surface area contributed by atoms with Crippen LogP contribution in [0.5, 0.6) is 0 Å². The lowest BCUT2D eigenvalue weighted by atomic mass is 9.86. The highest BCUT2D eigenvalue weighted by atomic mass is 32.1. The maximum atomic E-state index is 12.4. The molecule has 1 aliphatic carbocycles. The van der Waals surface area contributed by atoms with Gasteiger partial charge in [-0.15, -0.1) is 0 Å². The smallest absolute Gasteiger partial charge is 0.261 e. The zero-order valence-corrected chi connectivity index (χ0v) is 14.4. The largest absolute Gasteiger partial charge is 0.393 e. The number of rotatable bonds is 3. The highest BCUT2D eigenvalue weighted by Gasteiger charge is 2.23. The van der Waals surface area contributed by atoms with Crippen LogP contribution in [-0.2, 0) is 7.05 Å². The maximum Gasteiger partial charge on any atom is 0.261 e. The zero-order chi connectivity index (χ0) is 17.3. The van der Waals surface area contributed by atoms with Gasteiger partial charge in [0.15, 0.2) is 4.77 Å². The Balaban J connectivity index is 1.79. The average Bonchev–Trinajstić information content (AvgIpc) is 2.58. The quantitative estimate of drug-likeness (QED) is 0.740. The van der Waals surface area contributed by atoms with Gasteiger partial charge >= 0.3 is 0 Å². The molecule has 1 heterocycles. The van der Waals surface area contributed by atoms with Gasteiger partial charge < -0.3 is 15.4 Å². The number of benzene rings is 1. The minimum Gasteiger partial charge on any atom is -0.393 e. The molecule has 0 saturated heterocycles. The summed E-state index contributed by atoms with van der Waals surface area (Å²) in [7, 11) is 1.61. The summed E-state index contributed by atoms with van der Waals surface area (Å²) in [5, 5.41) is 13.3. The van der Waals surface area contributed by atoms with E-state index in [0.717, 1.165) is 25.7 Å². The number of aromatic amines is 1. The first-order chi connectivity index (χ1) is 11.5. The lowest BCUT2D eigenvalue weighted by Gasteiger charge is -2.27. The van der Waals surface area contributed by atoms with Crippen LogP contribution in [0.15, 0.2) is 23.0 Å². The Labute approximate surface area is 144 Å². The van der Waals surface area contributed by atoms with Gasteiger partial charge in [-0.1, -0.05) is 12.8 Å². The van der Waals surface area contributed by atoms with Gasteiger partial charge in [0.1, 0.15) is 0 Å². The van der Waals surface area contributed by atoms with Crippen molar-refractivity contribution in [2.45, 2.75) is 31.8 Å². The van der Waals surface area contributed by atoms with Gasteiger partial charge in [0.05, 0.1) is 17.0 Å². The van der Waals surface area contributed by atoms with E-state index in [1.807, 2.05) is 0 Å². The van der Waals surface area contributed by atoms with Gasteiger partial charge in [-0.25, -0.2) is 0 Å². The van der Waals surface area contributed by atoms with Gasteiger partial charge in [-0.2, -0.15) is 0 Å². The van der Waals surface area contributed by atoms with Gasteiger partial charge in [0.2, 0.25) is 0 Å². The third kappa shape index (κ3) is 3.27. The molecule has 0 aliphatic heterocycles. The second kappa shape index (κ2) is 6.86. The average molecular weight is 347 g/mol. The summed E-state index contributed by atoms with van der Waals surface area (Å²) in [6.45, 7) is 0.463. The summed E-state index contributed by atoms with van der Waals surface area (Å²) in [6, 6.07) is 4.90. The number of aliphatic hydroxyl groups excluding tert-OH is 1. The molecule has 1 fully saturated rings. The molecule has 0 unspecified atom stereocenters. The minimum atomic E-state index is -0.338. The number of carbonyl (C=O) groups is 1. The van der Waals surface area contributed by atoms with Crippen molar-refractivity contribution in [3.05, 3.63) is 38.9 Å². The van der Waals surface area contributed by atoms with Crippen LogP contribution < -0.4 is 10.9 Å². The van der Waals surface area contributed by atoms with Crippen molar-refractivity contribution in [1.82, 2.24) is 14.9 Å². The van der Waals surface area contributed by atoms with Crippen LogP contribution in [0.25, 0.3) is 10.9 Å². The molecule has 6 nitrogen and oxygen atoms in total. The van der Waals surface area contributed by atoms with E-state index in [1.54, 1.807) is 25.2 Å². The van der Waals surface area contributed by atoms with E-state index in [-0.39, 0.29) is 23.5 Å². The number of carbonyl (C=O) groups excluding carboxylic acids is 1. The van der Waals surface area contributed by atoms with Crippen LogP contribution in [0.4, 0.5) is 0 Å². The normalized spacial score (nSPS) is 20.9. The minimum absolute atomic E-state index is 0.112. The number of hydrogen-bond acceptors (Lipinski definition) is 4. The number of nitrogens with one attached hydrogen (secondary N) is 2. The summed E-state index contributed by atoms with van der Waals surface area (Å²) in [5.41, 5.74) is 0.825. The fourth-order valence-corrected chi connectivity index (χ4v) is 3.39. The molecule has 2 aromatic rings. The first-order valence-electron chi connectivity index (χ1n) is 8.16. The van der Waals surface area contributed by atoms with E-state index in [4.69, 9.17) is 12.2 Å². The second-order valence-corrected chi connectivity index (χ2v) is 6.76. The molecule has 24 heavy (non-hydrogen) atoms. The molecule has 3 rings (SSSR count). The molecule has 3 N–H and O–H groups in total. The van der Waals surface area contributed by atoms with Gasteiger partial charge in [0, 0.05) is 25.1 Å². The Bertz CT molecular complexity index is 887. The first kappa shape index (κ1) is 16.9. The molecule has 0 radical (unpaired) electrons. The number of fused-ring (bicyclic) bond motifs is 1. The van der Waals surface area contributed by atoms with E-state index in [0.29, 0.717) is 27.8 Å². The first-order valence-corrected chi connectivity index (χ1v) is 8.57. The lowest BCUT2D eigenvalue weighted by Crippen LogP contribution is -2.36. The highest BCUT2D eigenvalue weighted by molar-refractivity contribution is 7.71. The molecule has 0 spiro atoms. The molecule has 1 aromatic carbocycles. The molecule has 0 bridgehead atoms. The maximum absolute atomic E-state index is 12.4. The molecule has 1 aliphatic rings. The van der Waals surface area contributed by atoms with E-state index in [2.05, 4.69) is 10.3 Å². The number of amides is 1. The summed E-state index contributed by atoms with van der Waals surface area (Å²) < 4.78 is 1.68. The van der Waals surface area contributed by atoms with Crippen LogP contribution >= 0.6 is 12.2 Å². The second-order valence-electron chi connectivity index (χ2n) is 6.38. The molecule has 1 aromatic heterocycles. The summed E-state index contributed by atoms with van der Waals surface area (Å²) >= 11 is 5.11. The predicted octanol–water partition coefficient (Wildman–Crippen LogP) is 1.88. The van der Waals surface area contributed by atoms with E-state index >= 15 is 0 Å². The van der Waals surface area contributed by atoms with Gasteiger partial charge in [-0.3, -0.25) is 14.2 Å². The fraction of sp³-hybridized carbons (Fsp3) is 0.471. The highest BCUT2D eigenvalue weighted by Crippen LogP contribution is 2.23. The van der Waals surface area contributed by atoms with Crippen molar-refractivity contribution in [2.75, 3.05) is 6.54 Å². The molecule has 7 heteroatoms. The molecular weight excluding hydrogens is 326 g/mol. The van der Waals surface area contributed by atoms with Crippen LogP contribution in [0.2, 0.25) is 0 Å². The number of H-pyrrole nitrogens is 1. The SMILES string of the molecule is Cn1c(=S)[nH]c2cc(C(=O)NC[C@H]3CCCC[C@H]3O)ccc2c1=O. The third-order valence-electron chi connectivity index (χ3n) is 4.76. The summed E-state index contributed by atoms with van der Waals surface area (Å²) in [6.07, 6.45) is 3.53. The lowest BCUT2D eigenvalue weighted by molar-refractivity contribution is 0.0663. The van der Waals surface area contributed by atoms with Crippen LogP contribution in [-0.4, -0.2) is 33.2 Å². The number of aromatic nitrogens is 2. The molecule has 1 saturated carbocycles. The van der Waals surface area contributed by atoms with Crippen molar-refractivity contribution in [2.24, 2.45) is 13.0 Å². The number of nitrogens with zero attached hydrogens (tertiary/aromatic N) is 1. The van der Waals surface area contributed by atoms with Gasteiger partial charge in [0.25, 0.3) is 11.5 Å². The summed E-state index contributed by atoms with van der Waals surface area (Å²) in [4.78, 5) is 27.5. The van der Waals surface area contributed by atoms with Crippen molar-refractivity contribution in [3.8, 4) is 0 Å². The monoisotopic (exact) mass is 347 g/mol. The Morgan fingerprint density at radius 3 is 2.92 bits per heavy atom. The van der Waals surface area contributed by atoms with Gasteiger partial charge in [-0.05, 0) is 43.3 Å². The van der Waals surface area contributed by atoms with Crippen molar-refractivity contribution in [1.29, 1.82) is 0 Å². The predicted molar refractivity (Wildman–Crippen MR) is 94.7 cm³/mol. The van der Waals surface area contributed by atoms with Crippen molar-refractivity contribution < 1.29 is 9.90 Å². The van der Waals surface area contributed by atoms with E-state index in [9.17, 15) is 14.7 Å². The standard InChI is InChI=1S/C17H21N3O3S/c1-20-16(23)12-7-6-10(8-13(12)19-17(20)24)15(22)18-9-11-4-2-3-5-14(11)21/h6-8,11,14,21H,2-5,9H2,1H3,(H,18,22)(H,19,24)/t11-,14-/m1/s1. The molecule has 2 atom stereocenters. The van der Waals surface area contributed by atoms with Crippen LogP contribution in [0.3, 0.4) is 0 Å². The zero-order valence-electron chi connectivity index (χ0n) is 13.5.